The van der Waals surface area contributed by atoms with Gasteiger partial charge in [-0.05, 0) is 24.3 Å². The van der Waals surface area contributed by atoms with E-state index in [4.69, 9.17) is 28.4 Å². The summed E-state index contributed by atoms with van der Waals surface area (Å²) in [5.41, 5.74) is 1.70. The molecule has 0 aliphatic carbocycles. The summed E-state index contributed by atoms with van der Waals surface area (Å²) >= 11 is 0. The predicted molar refractivity (Wildman–Crippen MR) is 102 cm³/mol. The van der Waals surface area contributed by atoms with Gasteiger partial charge in [-0.2, -0.15) is 0 Å². The number of carbonyl (C=O) groups is 2. The molecule has 0 unspecified atom stereocenters. The lowest BCUT2D eigenvalue weighted by Crippen LogP contribution is -2.15. The maximum atomic E-state index is 13.7. The SMILES string of the molecule is O=C(C=CC(=O)OCc1cc(F)cc2c1OCOC2)OCc1cc(F)cc2c1OCOC2. The molecule has 2 aliphatic rings. The Balaban J connectivity index is 1.31. The summed E-state index contributed by atoms with van der Waals surface area (Å²) in [6.45, 7) is -0.116. The van der Waals surface area contributed by atoms with E-state index in [1.807, 2.05) is 0 Å². The summed E-state index contributed by atoms with van der Waals surface area (Å²) in [7, 11) is 0. The first kappa shape index (κ1) is 21.7. The molecule has 0 saturated heterocycles. The number of ether oxygens (including phenoxy) is 6. The molecule has 0 amide bonds. The van der Waals surface area contributed by atoms with E-state index < -0.39 is 23.6 Å². The molecule has 10 heteroatoms. The molecule has 4 rings (SSSR count). The van der Waals surface area contributed by atoms with Gasteiger partial charge in [-0.15, -0.1) is 0 Å². The van der Waals surface area contributed by atoms with E-state index in [2.05, 4.69) is 0 Å². The molecule has 2 heterocycles. The Bertz CT molecular complexity index is 983. The molecule has 0 aromatic heterocycles. The number of hydrogen-bond donors (Lipinski definition) is 0. The van der Waals surface area contributed by atoms with Crippen molar-refractivity contribution in [1.82, 2.24) is 0 Å². The minimum absolute atomic E-state index is 0.0118. The first-order valence-electron chi connectivity index (χ1n) is 9.55. The van der Waals surface area contributed by atoms with Crippen LogP contribution >= 0.6 is 0 Å². The molecule has 0 N–H and O–H groups in total. The van der Waals surface area contributed by atoms with Crippen LogP contribution in [0.5, 0.6) is 11.5 Å². The molecule has 2 aromatic rings. The van der Waals surface area contributed by atoms with Crippen molar-refractivity contribution in [2.45, 2.75) is 26.4 Å². The number of rotatable bonds is 6. The van der Waals surface area contributed by atoms with E-state index in [1.54, 1.807) is 0 Å². The van der Waals surface area contributed by atoms with Gasteiger partial charge in [0, 0.05) is 34.4 Å². The lowest BCUT2D eigenvalue weighted by atomic mass is 10.1. The second kappa shape index (κ2) is 9.75. The number of fused-ring (bicyclic) bond motifs is 2. The highest BCUT2D eigenvalue weighted by molar-refractivity contribution is 5.91. The van der Waals surface area contributed by atoms with Crippen LogP contribution in [-0.2, 0) is 55.0 Å². The van der Waals surface area contributed by atoms with Crippen LogP contribution in [0.1, 0.15) is 22.3 Å². The fourth-order valence-electron chi connectivity index (χ4n) is 3.26. The van der Waals surface area contributed by atoms with Gasteiger partial charge in [0.15, 0.2) is 13.6 Å². The standard InChI is InChI=1S/C22H18F2O8/c23-17-3-13-7-27-11-31-21(13)15(5-17)9-29-19(25)1-2-20(26)30-10-16-6-18(24)4-14-8-28-12-32-22(14)16/h1-6H,7-12H2. The number of benzene rings is 2. The lowest BCUT2D eigenvalue weighted by molar-refractivity contribution is -0.141. The Hall–Kier alpha value is -3.50. The first-order chi connectivity index (χ1) is 15.5. The van der Waals surface area contributed by atoms with Crippen molar-refractivity contribution in [2.75, 3.05) is 13.6 Å². The summed E-state index contributed by atoms with van der Waals surface area (Å²) in [5, 5.41) is 0. The molecule has 0 atom stereocenters. The Labute approximate surface area is 181 Å². The summed E-state index contributed by atoms with van der Waals surface area (Å²) in [4.78, 5) is 23.8. The monoisotopic (exact) mass is 448 g/mol. The molecule has 0 saturated carbocycles. The normalized spacial score (nSPS) is 14.7. The van der Waals surface area contributed by atoms with Gasteiger partial charge in [-0.25, -0.2) is 18.4 Å². The molecule has 0 fully saturated rings. The van der Waals surface area contributed by atoms with Gasteiger partial charge in [0.2, 0.25) is 0 Å². The summed E-state index contributed by atoms with van der Waals surface area (Å²) in [5.74, 6) is -1.90. The van der Waals surface area contributed by atoms with Crippen molar-refractivity contribution in [3.05, 3.63) is 70.3 Å². The van der Waals surface area contributed by atoms with Crippen LogP contribution in [0.3, 0.4) is 0 Å². The van der Waals surface area contributed by atoms with Crippen LogP contribution in [0.15, 0.2) is 36.4 Å². The maximum Gasteiger partial charge on any atom is 0.331 e. The fourth-order valence-corrected chi connectivity index (χ4v) is 3.26. The number of halogens is 2. The van der Waals surface area contributed by atoms with Gasteiger partial charge < -0.3 is 28.4 Å². The van der Waals surface area contributed by atoms with E-state index in [1.165, 1.54) is 24.3 Å². The Morgan fingerprint density at radius 2 is 1.22 bits per heavy atom. The third-order valence-corrected chi connectivity index (χ3v) is 4.60. The van der Waals surface area contributed by atoms with Crippen molar-refractivity contribution in [3.63, 3.8) is 0 Å². The summed E-state index contributed by atoms with van der Waals surface area (Å²) < 4.78 is 58.4. The molecule has 2 aromatic carbocycles. The van der Waals surface area contributed by atoms with Crippen LogP contribution in [0, 0.1) is 11.6 Å². The van der Waals surface area contributed by atoms with E-state index >= 15 is 0 Å². The largest absolute Gasteiger partial charge is 0.467 e. The van der Waals surface area contributed by atoms with Gasteiger partial charge in [0.05, 0.1) is 13.2 Å². The third-order valence-electron chi connectivity index (χ3n) is 4.60. The third kappa shape index (κ3) is 5.21. The molecule has 2 aliphatic heterocycles. The fraction of sp³-hybridized carbons (Fsp3) is 0.273. The van der Waals surface area contributed by atoms with E-state index in [9.17, 15) is 18.4 Å². The molecular weight excluding hydrogens is 430 g/mol. The van der Waals surface area contributed by atoms with E-state index in [0.29, 0.717) is 33.8 Å². The first-order valence-corrected chi connectivity index (χ1v) is 9.55. The van der Waals surface area contributed by atoms with Gasteiger partial charge in [0.25, 0.3) is 0 Å². The predicted octanol–water partition coefficient (Wildman–Crippen LogP) is 3.04. The zero-order valence-corrected chi connectivity index (χ0v) is 16.7. The molecule has 168 valence electrons. The zero-order valence-electron chi connectivity index (χ0n) is 16.7. The van der Waals surface area contributed by atoms with Crippen molar-refractivity contribution in [3.8, 4) is 11.5 Å². The minimum atomic E-state index is -0.837. The van der Waals surface area contributed by atoms with Crippen LogP contribution in [0.2, 0.25) is 0 Å². The zero-order chi connectivity index (χ0) is 22.5. The van der Waals surface area contributed by atoms with Crippen molar-refractivity contribution >= 4 is 11.9 Å². The number of hydrogen-bond acceptors (Lipinski definition) is 8. The highest BCUT2D eigenvalue weighted by Crippen LogP contribution is 2.31. The number of carbonyl (C=O) groups excluding carboxylic acids is 2. The second-order valence-electron chi connectivity index (χ2n) is 6.88. The van der Waals surface area contributed by atoms with Crippen LogP contribution in [0.4, 0.5) is 8.78 Å². The van der Waals surface area contributed by atoms with Crippen molar-refractivity contribution in [2.24, 2.45) is 0 Å². The van der Waals surface area contributed by atoms with E-state index in [0.717, 1.165) is 12.2 Å². The topological polar surface area (TPSA) is 89.5 Å². The lowest BCUT2D eigenvalue weighted by Gasteiger charge is -2.20. The average Bonchev–Trinajstić information content (AvgIpc) is 2.79. The van der Waals surface area contributed by atoms with Crippen LogP contribution in [-0.4, -0.2) is 25.5 Å². The quantitative estimate of drug-likeness (QED) is 0.492. The van der Waals surface area contributed by atoms with E-state index in [-0.39, 0.29) is 40.0 Å². The highest BCUT2D eigenvalue weighted by atomic mass is 19.1. The van der Waals surface area contributed by atoms with Crippen molar-refractivity contribution in [1.29, 1.82) is 0 Å². The summed E-state index contributed by atoms with van der Waals surface area (Å²) in [6.07, 6.45) is 1.76. The highest BCUT2D eigenvalue weighted by Gasteiger charge is 2.19. The molecular formula is C22H18F2O8. The molecule has 32 heavy (non-hydrogen) atoms. The van der Waals surface area contributed by atoms with Crippen LogP contribution in [0.25, 0.3) is 0 Å². The smallest absolute Gasteiger partial charge is 0.331 e. The Kier molecular flexibility index (Phi) is 6.62. The summed E-state index contributed by atoms with van der Waals surface area (Å²) in [6, 6.07) is 4.96. The minimum Gasteiger partial charge on any atom is -0.467 e. The van der Waals surface area contributed by atoms with Gasteiger partial charge in [-0.1, -0.05) is 0 Å². The Morgan fingerprint density at radius 1 is 0.781 bits per heavy atom. The maximum absolute atomic E-state index is 13.7. The Morgan fingerprint density at radius 3 is 1.66 bits per heavy atom. The van der Waals surface area contributed by atoms with Crippen LogP contribution < -0.4 is 9.47 Å². The van der Waals surface area contributed by atoms with Gasteiger partial charge in [0.1, 0.15) is 36.3 Å². The van der Waals surface area contributed by atoms with Crippen molar-refractivity contribution < 1.29 is 46.8 Å². The van der Waals surface area contributed by atoms with Gasteiger partial charge >= 0.3 is 11.9 Å². The molecule has 8 nitrogen and oxygen atoms in total. The van der Waals surface area contributed by atoms with Gasteiger partial charge in [-0.3, -0.25) is 0 Å². The molecule has 0 bridgehead atoms. The molecule has 0 radical (unpaired) electrons. The number of esters is 2. The average molecular weight is 448 g/mol. The second-order valence-corrected chi connectivity index (χ2v) is 6.88. The molecule has 0 spiro atoms.